The van der Waals surface area contributed by atoms with Crippen LogP contribution in [0.25, 0.3) is 0 Å². The van der Waals surface area contributed by atoms with Gasteiger partial charge < -0.3 is 29.7 Å². The molecule has 3 saturated heterocycles. The van der Waals surface area contributed by atoms with Gasteiger partial charge >= 0.3 is 5.97 Å². The molecular formula is C37H53N3O7. The minimum Gasteiger partial charge on any atom is -0.460 e. The number of carbonyl (C=O) groups excluding carboxylic acids is 4. The molecule has 3 amide bonds. The van der Waals surface area contributed by atoms with Crippen molar-refractivity contribution in [2.75, 3.05) is 19.7 Å². The Kier molecular flexibility index (Phi) is 11.1. The summed E-state index contributed by atoms with van der Waals surface area (Å²) in [5, 5.41) is 13.6. The van der Waals surface area contributed by atoms with Gasteiger partial charge in [-0.25, -0.2) is 0 Å². The van der Waals surface area contributed by atoms with Gasteiger partial charge in [0.25, 0.3) is 0 Å². The first-order valence-corrected chi connectivity index (χ1v) is 16.8. The van der Waals surface area contributed by atoms with Crippen molar-refractivity contribution in [3.63, 3.8) is 0 Å². The van der Waals surface area contributed by atoms with Gasteiger partial charge in [-0.1, -0.05) is 63.3 Å². The van der Waals surface area contributed by atoms with Crippen molar-refractivity contribution < 1.29 is 33.8 Å². The molecule has 3 fully saturated rings. The third-order valence-electron chi connectivity index (χ3n) is 9.69. The molecule has 10 nitrogen and oxygen atoms in total. The Morgan fingerprint density at radius 3 is 2.45 bits per heavy atom. The van der Waals surface area contributed by atoms with Crippen LogP contribution >= 0.6 is 0 Å². The van der Waals surface area contributed by atoms with E-state index in [9.17, 15) is 19.5 Å². The minimum atomic E-state index is -1.27. The number of aliphatic hydroxyl groups excluding tert-OH is 1. The molecule has 258 valence electrons. The Hall–Kier alpha value is -3.50. The van der Waals surface area contributed by atoms with Gasteiger partial charge in [0.15, 0.2) is 0 Å². The molecule has 0 saturated carbocycles. The third kappa shape index (κ3) is 7.33. The predicted molar refractivity (Wildman–Crippen MR) is 179 cm³/mol. The van der Waals surface area contributed by atoms with Gasteiger partial charge in [0.1, 0.15) is 17.7 Å². The molecule has 1 aromatic rings. The fraction of sp³-hybridized carbons (Fsp3) is 0.622. The summed E-state index contributed by atoms with van der Waals surface area (Å²) >= 11 is 0. The quantitative estimate of drug-likeness (QED) is 0.214. The zero-order valence-corrected chi connectivity index (χ0v) is 28.9. The van der Waals surface area contributed by atoms with Crippen molar-refractivity contribution in [2.45, 2.75) is 109 Å². The number of ether oxygens (including phenoxy) is 2. The number of amides is 3. The zero-order chi connectivity index (χ0) is 34.7. The van der Waals surface area contributed by atoms with Crippen LogP contribution in [0.5, 0.6) is 0 Å². The summed E-state index contributed by atoms with van der Waals surface area (Å²) in [6, 6.07) is 7.22. The lowest BCUT2D eigenvalue weighted by Crippen LogP contribution is -2.61. The van der Waals surface area contributed by atoms with E-state index >= 15 is 4.79 Å². The summed E-state index contributed by atoms with van der Waals surface area (Å²) in [5.74, 6) is -3.37. The molecule has 0 unspecified atom stereocenters. The molecule has 10 heteroatoms. The molecule has 1 spiro atoms. The number of allylic oxidation sites excluding steroid dienone is 1. The van der Waals surface area contributed by atoms with E-state index in [0.717, 1.165) is 0 Å². The Balaban J connectivity index is 1.72. The second kappa shape index (κ2) is 14.3. The Labute approximate surface area is 279 Å². The number of esters is 1. The number of hydrogen-bond donors (Lipinski definition) is 2. The van der Waals surface area contributed by atoms with Crippen LogP contribution in [-0.2, 0) is 28.7 Å². The maximum absolute atomic E-state index is 15.0. The van der Waals surface area contributed by atoms with Crippen LogP contribution in [-0.4, -0.2) is 87.7 Å². The highest BCUT2D eigenvalue weighted by Crippen LogP contribution is 2.60. The van der Waals surface area contributed by atoms with E-state index < -0.39 is 65.8 Å². The van der Waals surface area contributed by atoms with Crippen molar-refractivity contribution in [3.05, 3.63) is 61.2 Å². The minimum absolute atomic E-state index is 0.105. The number of hydrogen-bond acceptors (Lipinski definition) is 7. The van der Waals surface area contributed by atoms with Gasteiger partial charge in [0, 0.05) is 18.5 Å². The van der Waals surface area contributed by atoms with E-state index in [-0.39, 0.29) is 36.7 Å². The average Bonchev–Trinajstić information content (AvgIpc) is 3.65. The molecule has 3 aliphatic heterocycles. The average molecular weight is 652 g/mol. The largest absolute Gasteiger partial charge is 0.460 e. The highest BCUT2D eigenvalue weighted by atomic mass is 16.6. The number of rotatable bonds is 15. The summed E-state index contributed by atoms with van der Waals surface area (Å²) in [6.07, 6.45) is 4.51. The lowest BCUT2D eigenvalue weighted by atomic mass is 9.70. The normalized spacial score (nSPS) is 26.4. The number of fused-ring (bicyclic) bond motifs is 1. The van der Waals surface area contributed by atoms with Crippen molar-refractivity contribution in [1.29, 1.82) is 0 Å². The summed E-state index contributed by atoms with van der Waals surface area (Å²) in [6.45, 7) is 19.6. The van der Waals surface area contributed by atoms with Crippen LogP contribution in [0, 0.1) is 17.3 Å². The van der Waals surface area contributed by atoms with Gasteiger partial charge in [-0.3, -0.25) is 19.2 Å². The molecule has 0 aromatic heterocycles. The van der Waals surface area contributed by atoms with Crippen molar-refractivity contribution in [2.24, 2.45) is 17.3 Å². The summed E-state index contributed by atoms with van der Waals surface area (Å²) in [7, 11) is 0. The van der Waals surface area contributed by atoms with Crippen LogP contribution in [0.4, 0.5) is 0 Å². The Bertz CT molecular complexity index is 1340. The SMILES string of the molecule is C=CCCC(=O)NC[C@@H](C)OC(=O)[C@@H]1[C@@H]2CC[C@]3(O2)[C@H](C(=O)N(CC=C)C(C)(C)CC(C)(C)C)N([C@H](CO)c2ccccc2)C(=O)[C@@H]13. The van der Waals surface area contributed by atoms with Gasteiger partial charge in [0.2, 0.25) is 17.7 Å². The smallest absolute Gasteiger partial charge is 0.312 e. The highest BCUT2D eigenvalue weighted by Gasteiger charge is 2.76. The number of benzene rings is 1. The highest BCUT2D eigenvalue weighted by molar-refractivity contribution is 5.98. The number of nitrogens with zero attached hydrogens (tertiary/aromatic N) is 2. The fourth-order valence-corrected chi connectivity index (χ4v) is 8.21. The number of nitrogens with one attached hydrogen (secondary N) is 1. The second-order valence-corrected chi connectivity index (χ2v) is 15.1. The van der Waals surface area contributed by atoms with E-state index in [1.807, 2.05) is 44.2 Å². The van der Waals surface area contributed by atoms with Gasteiger partial charge in [-0.05, 0) is 57.4 Å². The number of carbonyl (C=O) groups is 4. The summed E-state index contributed by atoms with van der Waals surface area (Å²) < 4.78 is 12.5. The Morgan fingerprint density at radius 1 is 1.17 bits per heavy atom. The lowest BCUT2D eigenvalue weighted by molar-refractivity contribution is -0.160. The van der Waals surface area contributed by atoms with Crippen LogP contribution in [0.1, 0.15) is 85.3 Å². The summed E-state index contributed by atoms with van der Waals surface area (Å²) in [4.78, 5) is 58.9. The van der Waals surface area contributed by atoms with Gasteiger partial charge in [0.05, 0.1) is 37.1 Å². The predicted octanol–water partition coefficient (Wildman–Crippen LogP) is 4.34. The molecule has 1 aromatic carbocycles. The zero-order valence-electron chi connectivity index (χ0n) is 28.9. The standard InChI is InChI=1S/C37H53N3O7/c1-9-11-17-28(42)38-21-24(3)46-34(45)29-27-18-19-37(47-27)30(29)32(43)40(26(22-41)25-15-13-12-14-16-25)31(37)33(44)39(20-10-2)36(7,8)23-35(4,5)6/h9-10,12-16,24,26-27,29-31,41H,1-2,11,17-23H2,3-8H3,(H,38,42)/t24-,26-,27+,29-,30-,31+,37-/m1/s1. The van der Waals surface area contributed by atoms with E-state index in [2.05, 4.69) is 39.2 Å². The van der Waals surface area contributed by atoms with Gasteiger partial charge in [-0.2, -0.15) is 0 Å². The van der Waals surface area contributed by atoms with E-state index in [4.69, 9.17) is 9.47 Å². The van der Waals surface area contributed by atoms with E-state index in [1.54, 1.807) is 24.0 Å². The molecule has 7 atom stereocenters. The van der Waals surface area contributed by atoms with Crippen molar-refractivity contribution in [1.82, 2.24) is 15.1 Å². The lowest BCUT2D eigenvalue weighted by Gasteiger charge is -2.46. The first-order chi connectivity index (χ1) is 22.1. The third-order valence-corrected chi connectivity index (χ3v) is 9.69. The van der Waals surface area contributed by atoms with Gasteiger partial charge in [-0.15, -0.1) is 13.2 Å². The maximum Gasteiger partial charge on any atom is 0.312 e. The molecule has 3 heterocycles. The van der Waals surface area contributed by atoms with Crippen molar-refractivity contribution in [3.8, 4) is 0 Å². The van der Waals surface area contributed by atoms with Crippen LogP contribution in [0.3, 0.4) is 0 Å². The van der Waals surface area contributed by atoms with Crippen LogP contribution in [0.2, 0.25) is 0 Å². The first-order valence-electron chi connectivity index (χ1n) is 16.8. The second-order valence-electron chi connectivity index (χ2n) is 15.1. The van der Waals surface area contributed by atoms with E-state index in [0.29, 0.717) is 31.2 Å². The van der Waals surface area contributed by atoms with Crippen molar-refractivity contribution >= 4 is 23.7 Å². The molecule has 2 N–H and O–H groups in total. The maximum atomic E-state index is 15.0. The molecule has 47 heavy (non-hydrogen) atoms. The molecule has 3 aliphatic rings. The van der Waals surface area contributed by atoms with E-state index in [1.165, 1.54) is 4.90 Å². The topological polar surface area (TPSA) is 125 Å². The molecular weight excluding hydrogens is 598 g/mol. The fourth-order valence-electron chi connectivity index (χ4n) is 8.21. The molecule has 4 rings (SSSR count). The Morgan fingerprint density at radius 2 is 1.85 bits per heavy atom. The molecule has 2 bridgehead atoms. The number of aliphatic hydroxyl groups is 1. The molecule has 0 aliphatic carbocycles. The van der Waals surface area contributed by atoms with Crippen LogP contribution in [0.15, 0.2) is 55.6 Å². The molecule has 0 radical (unpaired) electrons. The number of likely N-dealkylation sites (tertiary alicyclic amines) is 1. The monoisotopic (exact) mass is 651 g/mol. The first kappa shape index (κ1) is 36.3. The summed E-state index contributed by atoms with van der Waals surface area (Å²) in [5.41, 5.74) is -1.32. The van der Waals surface area contributed by atoms with Crippen LogP contribution < -0.4 is 5.32 Å².